The molecule has 26 heavy (non-hydrogen) atoms. The fraction of sp³-hybridized carbons (Fsp3) is 0.300. The maximum absolute atomic E-state index is 12.7. The summed E-state index contributed by atoms with van der Waals surface area (Å²) < 4.78 is 6.55. The highest BCUT2D eigenvalue weighted by Gasteiger charge is 2.15. The van der Waals surface area contributed by atoms with E-state index in [0.717, 1.165) is 34.1 Å². The molecule has 0 radical (unpaired) electrons. The molecule has 0 unspecified atom stereocenters. The van der Waals surface area contributed by atoms with Gasteiger partial charge in [0.25, 0.3) is 5.91 Å². The van der Waals surface area contributed by atoms with Crippen LogP contribution in [0.5, 0.6) is 5.75 Å². The van der Waals surface area contributed by atoms with Gasteiger partial charge in [0.1, 0.15) is 5.75 Å². The molecule has 0 aromatic heterocycles. The topological polar surface area (TPSA) is 50.4 Å². The summed E-state index contributed by atoms with van der Waals surface area (Å²) in [4.78, 5) is 12.7. The number of thiocarbonyl (C=S) groups is 1. The smallest absolute Gasteiger partial charge is 0.261 e. The molecular weight excluding hydrogens is 412 g/mol. The van der Waals surface area contributed by atoms with Crippen LogP contribution in [0.2, 0.25) is 0 Å². The molecule has 0 saturated heterocycles. The SMILES string of the molecule is CCCCOc1ccc(Br)cc1C(=O)NC(=S)Nc1cccc(C)c1C. The minimum absolute atomic E-state index is 0.253. The van der Waals surface area contributed by atoms with Crippen LogP contribution >= 0.6 is 28.1 Å². The summed E-state index contributed by atoms with van der Waals surface area (Å²) in [7, 11) is 0. The second kappa shape index (κ2) is 9.69. The molecule has 0 aliphatic rings. The lowest BCUT2D eigenvalue weighted by molar-refractivity contribution is 0.0973. The number of anilines is 1. The third-order valence-corrected chi connectivity index (χ3v) is 4.72. The Balaban J connectivity index is 2.10. The molecule has 4 nitrogen and oxygen atoms in total. The second-order valence-corrected chi connectivity index (χ2v) is 7.32. The van der Waals surface area contributed by atoms with Gasteiger partial charge in [0, 0.05) is 10.2 Å². The first kappa shape index (κ1) is 20.4. The number of rotatable bonds is 6. The van der Waals surface area contributed by atoms with Gasteiger partial charge in [0.15, 0.2) is 5.11 Å². The summed E-state index contributed by atoms with van der Waals surface area (Å²) in [6.45, 7) is 6.71. The predicted molar refractivity (Wildman–Crippen MR) is 114 cm³/mol. The Kier molecular flexibility index (Phi) is 7.60. The standard InChI is InChI=1S/C20H23BrN2O2S/c1-4-5-11-25-18-10-9-15(21)12-16(18)19(24)23-20(26)22-17-8-6-7-13(2)14(17)3/h6-10,12H,4-5,11H2,1-3H3,(H2,22,23,24,26). The number of carbonyl (C=O) groups is 1. The fourth-order valence-corrected chi connectivity index (χ4v) is 2.91. The number of amides is 1. The monoisotopic (exact) mass is 434 g/mol. The lowest BCUT2D eigenvalue weighted by atomic mass is 10.1. The van der Waals surface area contributed by atoms with Crippen LogP contribution < -0.4 is 15.4 Å². The number of carbonyl (C=O) groups excluding carboxylic acids is 1. The molecule has 0 bridgehead atoms. The molecule has 0 aliphatic heterocycles. The van der Waals surface area contributed by atoms with E-state index in [4.69, 9.17) is 17.0 Å². The van der Waals surface area contributed by atoms with E-state index < -0.39 is 0 Å². The summed E-state index contributed by atoms with van der Waals surface area (Å²) in [6.07, 6.45) is 1.96. The van der Waals surface area contributed by atoms with E-state index in [9.17, 15) is 4.79 Å². The van der Waals surface area contributed by atoms with Gasteiger partial charge in [0.2, 0.25) is 0 Å². The van der Waals surface area contributed by atoms with Gasteiger partial charge in [-0.15, -0.1) is 0 Å². The molecule has 0 saturated carbocycles. The average molecular weight is 435 g/mol. The van der Waals surface area contributed by atoms with Gasteiger partial charge in [-0.1, -0.05) is 41.4 Å². The zero-order valence-electron chi connectivity index (χ0n) is 15.2. The number of hydrogen-bond donors (Lipinski definition) is 2. The summed E-state index contributed by atoms with van der Waals surface area (Å²) in [5.74, 6) is 0.245. The van der Waals surface area contributed by atoms with Crippen LogP contribution in [0.25, 0.3) is 0 Å². The van der Waals surface area contributed by atoms with Crippen molar-refractivity contribution in [2.45, 2.75) is 33.6 Å². The maximum atomic E-state index is 12.7. The lowest BCUT2D eigenvalue weighted by Gasteiger charge is -2.15. The van der Waals surface area contributed by atoms with E-state index >= 15 is 0 Å². The van der Waals surface area contributed by atoms with Crippen molar-refractivity contribution in [2.75, 3.05) is 11.9 Å². The van der Waals surface area contributed by atoms with Crippen LogP contribution in [0.1, 0.15) is 41.3 Å². The Morgan fingerprint density at radius 2 is 2.00 bits per heavy atom. The van der Waals surface area contributed by atoms with Crippen LogP contribution in [0.15, 0.2) is 40.9 Å². The average Bonchev–Trinajstić information content (AvgIpc) is 2.60. The highest BCUT2D eigenvalue weighted by atomic mass is 79.9. The van der Waals surface area contributed by atoms with E-state index in [1.165, 1.54) is 0 Å². The number of halogens is 1. The molecule has 0 fully saturated rings. The molecule has 0 aliphatic carbocycles. The zero-order valence-corrected chi connectivity index (χ0v) is 17.6. The van der Waals surface area contributed by atoms with E-state index in [1.807, 2.05) is 38.1 Å². The number of ether oxygens (including phenoxy) is 1. The molecular formula is C20H23BrN2O2S. The number of nitrogens with one attached hydrogen (secondary N) is 2. The molecule has 2 rings (SSSR count). The minimum atomic E-state index is -0.305. The molecule has 6 heteroatoms. The van der Waals surface area contributed by atoms with Crippen LogP contribution in [-0.2, 0) is 0 Å². The second-order valence-electron chi connectivity index (χ2n) is 6.00. The Hall–Kier alpha value is -1.92. The number of unbranched alkanes of at least 4 members (excludes halogenated alkanes) is 1. The predicted octanol–water partition coefficient (Wildman–Crippen LogP) is 5.37. The molecule has 0 spiro atoms. The molecule has 2 aromatic carbocycles. The quantitative estimate of drug-likeness (QED) is 0.473. The molecule has 0 atom stereocenters. The van der Waals surface area contributed by atoms with Gasteiger partial charge >= 0.3 is 0 Å². The molecule has 138 valence electrons. The van der Waals surface area contributed by atoms with E-state index in [2.05, 4.69) is 33.5 Å². The van der Waals surface area contributed by atoms with Crippen LogP contribution in [0, 0.1) is 13.8 Å². The Morgan fingerprint density at radius 3 is 2.73 bits per heavy atom. The van der Waals surface area contributed by atoms with Crippen molar-refractivity contribution < 1.29 is 9.53 Å². The highest BCUT2D eigenvalue weighted by molar-refractivity contribution is 9.10. The van der Waals surface area contributed by atoms with Crippen LogP contribution in [0.3, 0.4) is 0 Å². The van der Waals surface area contributed by atoms with E-state index in [0.29, 0.717) is 17.9 Å². The van der Waals surface area contributed by atoms with Crippen LogP contribution in [-0.4, -0.2) is 17.6 Å². The van der Waals surface area contributed by atoms with Crippen LogP contribution in [0.4, 0.5) is 5.69 Å². The largest absolute Gasteiger partial charge is 0.493 e. The van der Waals surface area contributed by atoms with Crippen molar-refractivity contribution >= 4 is 44.9 Å². The molecule has 2 N–H and O–H groups in total. The van der Waals surface area contributed by atoms with Crippen molar-refractivity contribution in [1.29, 1.82) is 0 Å². The van der Waals surface area contributed by atoms with Gasteiger partial charge in [-0.25, -0.2) is 0 Å². The van der Waals surface area contributed by atoms with Gasteiger partial charge in [-0.3, -0.25) is 10.1 Å². The zero-order chi connectivity index (χ0) is 19.1. The first-order valence-corrected chi connectivity index (χ1v) is 9.73. The van der Waals surface area contributed by atoms with Gasteiger partial charge in [0.05, 0.1) is 12.2 Å². The Bertz CT molecular complexity index is 808. The van der Waals surface area contributed by atoms with E-state index in [-0.39, 0.29) is 11.0 Å². The fourth-order valence-electron chi connectivity index (χ4n) is 2.34. The van der Waals surface area contributed by atoms with Crippen molar-refractivity contribution in [3.8, 4) is 5.75 Å². The normalized spacial score (nSPS) is 10.3. The summed E-state index contributed by atoms with van der Waals surface area (Å²) >= 11 is 8.70. The summed E-state index contributed by atoms with van der Waals surface area (Å²) in [5.41, 5.74) is 3.57. The van der Waals surface area contributed by atoms with Gasteiger partial charge in [-0.05, 0) is 67.9 Å². The first-order valence-electron chi connectivity index (χ1n) is 8.53. The van der Waals surface area contributed by atoms with Gasteiger partial charge < -0.3 is 10.1 Å². The summed E-state index contributed by atoms with van der Waals surface area (Å²) in [6, 6.07) is 11.3. The number of benzene rings is 2. The summed E-state index contributed by atoms with van der Waals surface area (Å²) in [5, 5.41) is 6.07. The van der Waals surface area contributed by atoms with E-state index in [1.54, 1.807) is 12.1 Å². The Labute approximate surface area is 168 Å². The van der Waals surface area contributed by atoms with Gasteiger partial charge in [-0.2, -0.15) is 0 Å². The van der Waals surface area contributed by atoms with Crippen molar-refractivity contribution in [3.05, 3.63) is 57.6 Å². The molecule has 1 amide bonds. The number of hydrogen-bond acceptors (Lipinski definition) is 3. The highest BCUT2D eigenvalue weighted by Crippen LogP contribution is 2.24. The first-order chi connectivity index (χ1) is 12.4. The third kappa shape index (κ3) is 5.54. The third-order valence-electron chi connectivity index (χ3n) is 4.02. The number of aryl methyl sites for hydroxylation is 1. The van der Waals surface area contributed by atoms with Crippen molar-refractivity contribution in [3.63, 3.8) is 0 Å². The molecule has 2 aromatic rings. The Morgan fingerprint density at radius 1 is 1.23 bits per heavy atom. The van der Waals surface area contributed by atoms with Crippen molar-refractivity contribution in [1.82, 2.24) is 5.32 Å². The lowest BCUT2D eigenvalue weighted by Crippen LogP contribution is -2.34. The minimum Gasteiger partial charge on any atom is -0.493 e. The van der Waals surface area contributed by atoms with Crippen molar-refractivity contribution in [2.24, 2.45) is 0 Å². The molecule has 0 heterocycles. The maximum Gasteiger partial charge on any atom is 0.261 e.